The third-order valence-electron chi connectivity index (χ3n) is 4.44. The Morgan fingerprint density at radius 1 is 1.12 bits per heavy atom. The highest BCUT2D eigenvalue weighted by Gasteiger charge is 2.32. The molecule has 1 heterocycles. The van der Waals surface area contributed by atoms with E-state index in [4.69, 9.17) is 5.11 Å². The number of carboxylic acid groups (broad SMARTS) is 1. The number of anilines is 1. The number of unbranched alkanes of at least 4 members (excludes halogenated alkanes) is 3. The van der Waals surface area contributed by atoms with Crippen molar-refractivity contribution in [1.29, 1.82) is 0 Å². The number of imide groups is 1. The Morgan fingerprint density at radius 3 is 2.38 bits per heavy atom. The molecule has 26 heavy (non-hydrogen) atoms. The van der Waals surface area contributed by atoms with Crippen LogP contribution in [0.5, 0.6) is 0 Å². The highest BCUT2D eigenvalue weighted by Crippen LogP contribution is 2.23. The molecule has 2 rings (SSSR count). The summed E-state index contributed by atoms with van der Waals surface area (Å²) in [5.74, 6) is -1.16. The number of nitrogens with zero attached hydrogens (tertiary/aromatic N) is 2. The second-order valence-electron chi connectivity index (χ2n) is 6.74. The highest BCUT2D eigenvalue weighted by molar-refractivity contribution is 6.15. The Bertz CT molecular complexity index is 692. The van der Waals surface area contributed by atoms with E-state index >= 15 is 0 Å². The molecule has 0 unspecified atom stereocenters. The van der Waals surface area contributed by atoms with E-state index in [1.165, 1.54) is 4.90 Å². The zero-order chi connectivity index (χ0) is 19.1. The summed E-state index contributed by atoms with van der Waals surface area (Å²) in [5, 5.41) is 8.60. The van der Waals surface area contributed by atoms with Crippen molar-refractivity contribution < 1.29 is 19.5 Å². The number of hydrogen-bond donors (Lipinski definition) is 1. The summed E-state index contributed by atoms with van der Waals surface area (Å²) in [4.78, 5) is 38.3. The van der Waals surface area contributed by atoms with Gasteiger partial charge in [0.2, 0.25) is 5.91 Å². The van der Waals surface area contributed by atoms with Crippen LogP contribution in [0, 0.1) is 0 Å². The maximum absolute atomic E-state index is 12.5. The van der Waals surface area contributed by atoms with Crippen LogP contribution < -0.4 is 4.90 Å². The molecule has 0 atom stereocenters. The Hall–Kier alpha value is -2.63. The molecule has 0 saturated carbocycles. The molecule has 6 heteroatoms. The van der Waals surface area contributed by atoms with Gasteiger partial charge in [-0.3, -0.25) is 19.3 Å². The van der Waals surface area contributed by atoms with Crippen molar-refractivity contribution in [2.24, 2.45) is 0 Å². The van der Waals surface area contributed by atoms with Crippen molar-refractivity contribution in [2.45, 2.75) is 38.5 Å². The van der Waals surface area contributed by atoms with E-state index in [0.717, 1.165) is 24.1 Å². The lowest BCUT2D eigenvalue weighted by Crippen LogP contribution is -2.30. The summed E-state index contributed by atoms with van der Waals surface area (Å²) in [7, 11) is 3.93. The van der Waals surface area contributed by atoms with Gasteiger partial charge in [0.05, 0.1) is 6.42 Å². The van der Waals surface area contributed by atoms with Crippen LogP contribution in [-0.2, 0) is 14.4 Å². The standard InChI is InChI=1S/C20H26N2O4/c1-21(2)17-10-8-15(9-11-17)13-16-14-18(23)22(20(16)26)12-6-4-3-5-7-19(24)25/h8-11,13H,3-7,12,14H2,1-2H3,(H,24,25)/b16-13+. The summed E-state index contributed by atoms with van der Waals surface area (Å²) in [6.45, 7) is 0.404. The number of amides is 2. The first-order valence-electron chi connectivity index (χ1n) is 8.93. The van der Waals surface area contributed by atoms with Crippen LogP contribution >= 0.6 is 0 Å². The number of rotatable bonds is 9. The first kappa shape index (κ1) is 19.7. The van der Waals surface area contributed by atoms with E-state index in [9.17, 15) is 14.4 Å². The Kier molecular flexibility index (Phi) is 6.95. The minimum absolute atomic E-state index is 0.146. The zero-order valence-electron chi connectivity index (χ0n) is 15.4. The maximum atomic E-state index is 12.5. The summed E-state index contributed by atoms with van der Waals surface area (Å²) in [5.41, 5.74) is 2.51. The van der Waals surface area contributed by atoms with E-state index in [1.807, 2.05) is 43.3 Å². The van der Waals surface area contributed by atoms with Crippen LogP contribution in [0.2, 0.25) is 0 Å². The van der Waals surface area contributed by atoms with Crippen LogP contribution in [0.3, 0.4) is 0 Å². The summed E-state index contributed by atoms with van der Waals surface area (Å²) < 4.78 is 0. The minimum atomic E-state index is -0.789. The molecule has 1 aromatic carbocycles. The monoisotopic (exact) mass is 358 g/mol. The van der Waals surface area contributed by atoms with E-state index < -0.39 is 5.97 Å². The number of likely N-dealkylation sites (tertiary alicyclic amines) is 1. The second-order valence-corrected chi connectivity index (χ2v) is 6.74. The molecule has 0 aliphatic carbocycles. The third kappa shape index (κ3) is 5.44. The highest BCUT2D eigenvalue weighted by atomic mass is 16.4. The lowest BCUT2D eigenvalue weighted by atomic mass is 10.1. The van der Waals surface area contributed by atoms with Gasteiger partial charge in [-0.2, -0.15) is 0 Å². The van der Waals surface area contributed by atoms with Crippen LogP contribution in [-0.4, -0.2) is 48.4 Å². The van der Waals surface area contributed by atoms with Crippen molar-refractivity contribution >= 4 is 29.5 Å². The molecule has 1 saturated heterocycles. The Labute approximate surface area is 154 Å². The third-order valence-corrected chi connectivity index (χ3v) is 4.44. The SMILES string of the molecule is CN(C)c1ccc(/C=C2\CC(=O)N(CCCCCCC(=O)O)C2=O)cc1. The van der Waals surface area contributed by atoms with Crippen molar-refractivity contribution in [3.8, 4) is 0 Å². The van der Waals surface area contributed by atoms with Crippen molar-refractivity contribution in [3.05, 3.63) is 35.4 Å². The van der Waals surface area contributed by atoms with E-state index in [-0.39, 0.29) is 24.7 Å². The normalized spacial score (nSPS) is 15.8. The lowest BCUT2D eigenvalue weighted by Gasteiger charge is -2.13. The van der Waals surface area contributed by atoms with Crippen molar-refractivity contribution in [2.75, 3.05) is 25.5 Å². The van der Waals surface area contributed by atoms with E-state index in [0.29, 0.717) is 25.0 Å². The lowest BCUT2D eigenvalue weighted by molar-refractivity contribution is -0.138. The van der Waals surface area contributed by atoms with Crippen LogP contribution in [0.1, 0.15) is 44.1 Å². The molecule has 1 N–H and O–H groups in total. The first-order chi connectivity index (χ1) is 12.4. The minimum Gasteiger partial charge on any atom is -0.481 e. The number of carboxylic acids is 1. The number of benzene rings is 1. The fraction of sp³-hybridized carbons (Fsp3) is 0.450. The predicted octanol–water partition coefficient (Wildman–Crippen LogP) is 2.93. The molecule has 0 radical (unpaired) electrons. The molecular formula is C20H26N2O4. The fourth-order valence-corrected chi connectivity index (χ4v) is 2.93. The molecular weight excluding hydrogens is 332 g/mol. The number of hydrogen-bond acceptors (Lipinski definition) is 4. The summed E-state index contributed by atoms with van der Waals surface area (Å²) >= 11 is 0. The summed E-state index contributed by atoms with van der Waals surface area (Å²) in [6, 6.07) is 7.82. The smallest absolute Gasteiger partial charge is 0.303 e. The number of aliphatic carboxylic acids is 1. The molecule has 1 aliphatic heterocycles. The van der Waals surface area contributed by atoms with Crippen LogP contribution in [0.25, 0.3) is 6.08 Å². The van der Waals surface area contributed by atoms with Gasteiger partial charge in [0.15, 0.2) is 0 Å². The van der Waals surface area contributed by atoms with Gasteiger partial charge >= 0.3 is 5.97 Å². The molecule has 0 bridgehead atoms. The van der Waals surface area contributed by atoms with E-state index in [1.54, 1.807) is 6.08 Å². The number of carbonyl (C=O) groups is 3. The van der Waals surface area contributed by atoms with Gasteiger partial charge in [0, 0.05) is 38.3 Å². The van der Waals surface area contributed by atoms with Gasteiger partial charge in [-0.1, -0.05) is 25.0 Å². The molecule has 0 aromatic heterocycles. The van der Waals surface area contributed by atoms with Gasteiger partial charge in [-0.05, 0) is 36.6 Å². The summed E-state index contributed by atoms with van der Waals surface area (Å²) in [6.07, 6.45) is 5.05. The predicted molar refractivity (Wildman–Crippen MR) is 101 cm³/mol. The molecule has 1 aliphatic rings. The number of carbonyl (C=O) groups excluding carboxylic acids is 2. The first-order valence-corrected chi connectivity index (χ1v) is 8.93. The average molecular weight is 358 g/mol. The topological polar surface area (TPSA) is 77.9 Å². The van der Waals surface area contributed by atoms with Gasteiger partial charge in [0.25, 0.3) is 5.91 Å². The largest absolute Gasteiger partial charge is 0.481 e. The maximum Gasteiger partial charge on any atom is 0.303 e. The molecule has 140 valence electrons. The van der Waals surface area contributed by atoms with Crippen LogP contribution in [0.4, 0.5) is 5.69 Å². The van der Waals surface area contributed by atoms with Gasteiger partial charge in [-0.15, -0.1) is 0 Å². The van der Waals surface area contributed by atoms with Crippen LogP contribution in [0.15, 0.2) is 29.8 Å². The van der Waals surface area contributed by atoms with Gasteiger partial charge in [-0.25, -0.2) is 0 Å². The molecule has 1 fully saturated rings. The van der Waals surface area contributed by atoms with Gasteiger partial charge in [0.1, 0.15) is 0 Å². The van der Waals surface area contributed by atoms with Crippen molar-refractivity contribution in [1.82, 2.24) is 4.90 Å². The average Bonchev–Trinajstić information content (AvgIpc) is 2.85. The van der Waals surface area contributed by atoms with Gasteiger partial charge < -0.3 is 10.0 Å². The van der Waals surface area contributed by atoms with E-state index in [2.05, 4.69) is 0 Å². The Balaban J connectivity index is 1.88. The quantitative estimate of drug-likeness (QED) is 0.417. The Morgan fingerprint density at radius 2 is 1.77 bits per heavy atom. The molecule has 6 nitrogen and oxygen atoms in total. The molecule has 0 spiro atoms. The second kappa shape index (κ2) is 9.17. The molecule has 2 amide bonds. The van der Waals surface area contributed by atoms with Crippen molar-refractivity contribution in [3.63, 3.8) is 0 Å². The fourth-order valence-electron chi connectivity index (χ4n) is 2.93. The molecule has 1 aromatic rings. The zero-order valence-corrected chi connectivity index (χ0v) is 15.4.